The van der Waals surface area contributed by atoms with E-state index in [2.05, 4.69) is 9.84 Å². The van der Waals surface area contributed by atoms with Gasteiger partial charge in [0.15, 0.2) is 6.29 Å². The van der Waals surface area contributed by atoms with Gasteiger partial charge in [0.1, 0.15) is 18.4 Å². The number of aliphatic hydroxyl groups is 2. The molecule has 1 aromatic carbocycles. The number of hydrogen-bond acceptors (Lipinski definition) is 9. The molecule has 1 aliphatic carbocycles. The van der Waals surface area contributed by atoms with Crippen LogP contribution in [0.15, 0.2) is 24.3 Å². The first-order valence-corrected chi connectivity index (χ1v) is 11.9. The average Bonchev–Trinajstić information content (AvgIpc) is 3.16. The predicted octanol–water partition coefficient (Wildman–Crippen LogP) is 3.32. The second-order valence-corrected chi connectivity index (χ2v) is 8.85. The summed E-state index contributed by atoms with van der Waals surface area (Å²) in [7, 11) is 1.08. The predicted molar refractivity (Wildman–Crippen MR) is 119 cm³/mol. The van der Waals surface area contributed by atoms with Gasteiger partial charge in [0.2, 0.25) is 12.2 Å². The molecule has 1 aliphatic heterocycles. The lowest BCUT2D eigenvalue weighted by Crippen LogP contribution is -2.53. The number of carbonyl (C=O) groups is 1. The van der Waals surface area contributed by atoms with Crippen LogP contribution in [0.25, 0.3) is 0 Å². The molecule has 4 rings (SSSR count). The van der Waals surface area contributed by atoms with E-state index in [1.807, 2.05) is 19.1 Å². The van der Waals surface area contributed by atoms with E-state index in [4.69, 9.17) is 18.9 Å². The van der Waals surface area contributed by atoms with Gasteiger partial charge in [0.25, 0.3) is 6.29 Å². The zero-order valence-corrected chi connectivity index (χ0v) is 20.3. The lowest BCUT2D eigenvalue weighted by molar-refractivity contribution is -0.372. The van der Waals surface area contributed by atoms with Crippen molar-refractivity contribution in [3.63, 3.8) is 0 Å². The van der Waals surface area contributed by atoms with Gasteiger partial charge in [-0.2, -0.15) is 13.2 Å². The van der Waals surface area contributed by atoms with Crippen molar-refractivity contribution >= 4 is 6.16 Å². The second kappa shape index (κ2) is 11.3. The third-order valence-corrected chi connectivity index (χ3v) is 6.37. The Morgan fingerprint density at radius 3 is 2.38 bits per heavy atom. The van der Waals surface area contributed by atoms with E-state index in [1.165, 1.54) is 0 Å². The smallest absolute Gasteiger partial charge is 0.441 e. The summed E-state index contributed by atoms with van der Waals surface area (Å²) in [5, 5.41) is 24.4. The minimum Gasteiger partial charge on any atom is -0.441 e. The van der Waals surface area contributed by atoms with Crippen LogP contribution >= 0.6 is 0 Å². The molecule has 0 radical (unpaired) electrons. The summed E-state index contributed by atoms with van der Waals surface area (Å²) in [6, 6.07) is 6.74. The van der Waals surface area contributed by atoms with E-state index in [9.17, 15) is 28.2 Å². The Morgan fingerprint density at radius 2 is 1.81 bits per heavy atom. The average molecular weight is 530 g/mol. The molecule has 2 N–H and O–H groups in total. The second-order valence-electron chi connectivity index (χ2n) is 8.85. The molecular weight excluding hydrogens is 501 g/mol. The number of alkyl halides is 3. The summed E-state index contributed by atoms with van der Waals surface area (Å²) in [5.74, 6) is -0.379. The first kappa shape index (κ1) is 27.2. The van der Waals surface area contributed by atoms with Crippen molar-refractivity contribution in [1.29, 1.82) is 0 Å². The van der Waals surface area contributed by atoms with Gasteiger partial charge >= 0.3 is 12.3 Å². The lowest BCUT2D eigenvalue weighted by atomic mass is 9.93. The van der Waals surface area contributed by atoms with Crippen LogP contribution in [0, 0.1) is 0 Å². The van der Waals surface area contributed by atoms with Gasteiger partial charge in [0, 0.05) is 6.42 Å². The summed E-state index contributed by atoms with van der Waals surface area (Å²) >= 11 is 0. The quantitative estimate of drug-likeness (QED) is 0.495. The number of aliphatic hydroxyl groups excluding tert-OH is 2. The Hall–Kier alpha value is -2.87. The van der Waals surface area contributed by atoms with Crippen LogP contribution in [0.5, 0.6) is 5.88 Å². The van der Waals surface area contributed by atoms with Gasteiger partial charge in [-0.25, -0.2) is 4.79 Å². The van der Waals surface area contributed by atoms with Crippen molar-refractivity contribution in [2.45, 2.75) is 76.2 Å². The largest absolute Gasteiger partial charge is 0.508 e. The third kappa shape index (κ3) is 6.17. The number of methoxy groups -OCH3 is 1. The first-order chi connectivity index (χ1) is 17.6. The fourth-order valence-corrected chi connectivity index (χ4v) is 4.12. The Kier molecular flexibility index (Phi) is 8.26. The molecule has 0 bridgehead atoms. The molecule has 1 aromatic heterocycles. The van der Waals surface area contributed by atoms with Gasteiger partial charge in [-0.05, 0) is 36.8 Å². The van der Waals surface area contributed by atoms with Crippen LogP contribution in [0.3, 0.4) is 0 Å². The van der Waals surface area contributed by atoms with Gasteiger partial charge in [-0.1, -0.05) is 31.2 Å². The molecule has 2 aliphatic rings. The molecule has 2 heterocycles. The van der Waals surface area contributed by atoms with Crippen LogP contribution in [0.4, 0.5) is 18.0 Å². The molecule has 0 amide bonds. The molecule has 37 heavy (non-hydrogen) atoms. The van der Waals surface area contributed by atoms with Crippen molar-refractivity contribution in [2.24, 2.45) is 0 Å². The maximum Gasteiger partial charge on any atom is 0.508 e. The van der Waals surface area contributed by atoms with Crippen molar-refractivity contribution < 1.29 is 51.9 Å². The molecule has 4 unspecified atom stereocenters. The monoisotopic (exact) mass is 530 g/mol. The summed E-state index contributed by atoms with van der Waals surface area (Å²) in [6.45, 7) is 1.45. The van der Waals surface area contributed by atoms with E-state index in [1.54, 1.807) is 12.1 Å². The van der Waals surface area contributed by atoms with E-state index in [0.29, 0.717) is 18.4 Å². The van der Waals surface area contributed by atoms with Gasteiger partial charge in [-0.15, -0.1) is 5.10 Å². The van der Waals surface area contributed by atoms with E-state index >= 15 is 0 Å². The normalized spacial score (nSPS) is 24.4. The highest BCUT2D eigenvalue weighted by Crippen LogP contribution is 2.43. The maximum absolute atomic E-state index is 14.3. The summed E-state index contributed by atoms with van der Waals surface area (Å²) in [6.07, 6.45) is -9.80. The van der Waals surface area contributed by atoms with Crippen molar-refractivity contribution in [1.82, 2.24) is 9.78 Å². The van der Waals surface area contributed by atoms with Gasteiger partial charge < -0.3 is 33.9 Å². The van der Waals surface area contributed by atoms with Crippen LogP contribution in [0.1, 0.15) is 54.6 Å². The Balaban J connectivity index is 1.65. The molecule has 13 heteroatoms. The first-order valence-electron chi connectivity index (χ1n) is 11.9. The minimum absolute atomic E-state index is 0.137. The number of aromatic nitrogens is 2. The molecule has 4 atom stereocenters. The third-order valence-electron chi connectivity index (χ3n) is 6.37. The summed E-state index contributed by atoms with van der Waals surface area (Å²) < 4.78 is 69.1. The number of hydrogen-bond donors (Lipinski definition) is 2. The molecule has 1 saturated heterocycles. The number of benzene rings is 1. The highest BCUT2D eigenvalue weighted by Gasteiger charge is 2.45. The van der Waals surface area contributed by atoms with Crippen molar-refractivity contribution in [3.8, 4) is 5.88 Å². The maximum atomic E-state index is 14.3. The molecule has 204 valence electrons. The zero-order chi connectivity index (χ0) is 26.7. The molecule has 1 saturated carbocycles. The standard InChI is InChI=1S/C24H29F3N2O8/c1-3-13-7-9-14(10-8-13)11-16-18(24(25,26)27)29(15-5-4-6-15)28-19(16)36-22-21(31)37-20(30)17(35-22)12-34-23(32)33-2/h7-10,15,17,20-22,30-31H,3-6,11-12H2,1-2H3. The van der Waals surface area contributed by atoms with Crippen LogP contribution in [-0.2, 0) is 38.0 Å². The highest BCUT2D eigenvalue weighted by atomic mass is 19.4. The number of ether oxygens (including phenoxy) is 5. The van der Waals surface area contributed by atoms with Crippen LogP contribution in [-0.4, -0.2) is 64.8 Å². The molecule has 2 aromatic rings. The molecular formula is C24H29F3N2O8. The SMILES string of the molecule is CCc1ccc(Cc2c(OC3OC(COC(=O)OC)C(O)OC3O)nn(C3CCC3)c2C(F)(F)F)cc1. The van der Waals surface area contributed by atoms with E-state index in [0.717, 1.165) is 30.2 Å². The summed E-state index contributed by atoms with van der Waals surface area (Å²) in [5.41, 5.74) is 0.509. The van der Waals surface area contributed by atoms with Crippen LogP contribution in [0.2, 0.25) is 0 Å². The molecule has 0 spiro atoms. The lowest BCUT2D eigenvalue weighted by Gasteiger charge is -2.36. The number of halogens is 3. The highest BCUT2D eigenvalue weighted by molar-refractivity contribution is 5.59. The Bertz CT molecular complexity index is 1070. The number of nitrogens with zero attached hydrogens (tertiary/aromatic N) is 2. The Labute approximate surface area is 210 Å². The van der Waals surface area contributed by atoms with Crippen LogP contribution < -0.4 is 4.74 Å². The van der Waals surface area contributed by atoms with E-state index in [-0.39, 0.29) is 17.9 Å². The number of carbonyl (C=O) groups excluding carboxylic acids is 1. The Morgan fingerprint density at radius 1 is 1.14 bits per heavy atom. The topological polar surface area (TPSA) is 122 Å². The zero-order valence-electron chi connectivity index (χ0n) is 20.3. The summed E-state index contributed by atoms with van der Waals surface area (Å²) in [4.78, 5) is 11.3. The number of rotatable bonds is 8. The van der Waals surface area contributed by atoms with Gasteiger partial charge in [-0.3, -0.25) is 4.68 Å². The van der Waals surface area contributed by atoms with Crippen molar-refractivity contribution in [2.75, 3.05) is 13.7 Å². The minimum atomic E-state index is -4.72. The fraction of sp³-hybridized carbons (Fsp3) is 0.583. The van der Waals surface area contributed by atoms with E-state index < -0.39 is 55.6 Å². The van der Waals surface area contributed by atoms with Gasteiger partial charge in [0.05, 0.1) is 18.7 Å². The van der Waals surface area contributed by atoms with Crippen molar-refractivity contribution in [3.05, 3.63) is 46.6 Å². The molecule has 2 fully saturated rings. The molecule has 10 nitrogen and oxygen atoms in total. The fourth-order valence-electron chi connectivity index (χ4n) is 4.12. The number of aryl methyl sites for hydroxylation is 1.